The number of hydrogen-bond donors (Lipinski definition) is 0. The van der Waals surface area contributed by atoms with Crippen molar-refractivity contribution in [3.63, 3.8) is 0 Å². The summed E-state index contributed by atoms with van der Waals surface area (Å²) in [6.07, 6.45) is 5.84. The van der Waals surface area contributed by atoms with Gasteiger partial charge in [-0.05, 0) is 25.7 Å². The van der Waals surface area contributed by atoms with Crippen molar-refractivity contribution in [2.45, 2.75) is 44.9 Å². The van der Waals surface area contributed by atoms with Crippen LogP contribution in [0, 0.1) is 6.92 Å². The van der Waals surface area contributed by atoms with Gasteiger partial charge in [0.1, 0.15) is 0 Å². The molecule has 0 spiro atoms. The second-order valence-corrected chi connectivity index (χ2v) is 4.95. The van der Waals surface area contributed by atoms with Gasteiger partial charge in [0.25, 0.3) is 5.56 Å². The Kier molecular flexibility index (Phi) is 3.33. The number of hydrogen-bond acceptors (Lipinski definition) is 2. The summed E-state index contributed by atoms with van der Waals surface area (Å²) in [6, 6.07) is 0. The zero-order valence-corrected chi connectivity index (χ0v) is 10.5. The van der Waals surface area contributed by atoms with Crippen molar-refractivity contribution in [2.75, 3.05) is 0 Å². The third kappa shape index (κ3) is 2.01. The van der Waals surface area contributed by atoms with E-state index in [2.05, 4.69) is 5.10 Å². The summed E-state index contributed by atoms with van der Waals surface area (Å²) < 4.78 is 1.41. The molecule has 16 heavy (non-hydrogen) atoms. The van der Waals surface area contributed by atoms with Crippen LogP contribution < -0.4 is 5.56 Å². The maximum absolute atomic E-state index is 12.1. The van der Waals surface area contributed by atoms with Crippen molar-refractivity contribution < 1.29 is 0 Å². The van der Waals surface area contributed by atoms with Gasteiger partial charge in [-0.3, -0.25) is 4.79 Å². The van der Waals surface area contributed by atoms with Crippen LogP contribution in [0.1, 0.15) is 49.3 Å². The van der Waals surface area contributed by atoms with Crippen molar-refractivity contribution in [3.8, 4) is 0 Å². The van der Waals surface area contributed by atoms with Gasteiger partial charge in [-0.15, -0.1) is 0 Å². The molecule has 1 aliphatic carbocycles. The number of aromatic nitrogens is 2. The molecule has 0 bridgehead atoms. The molecule has 0 N–H and O–H groups in total. The Hall–Kier alpha value is -0.830. The summed E-state index contributed by atoms with van der Waals surface area (Å²) in [7, 11) is 1.69. The van der Waals surface area contributed by atoms with E-state index in [4.69, 9.17) is 11.6 Å². The summed E-state index contributed by atoms with van der Waals surface area (Å²) in [6.45, 7) is 1.86. The fraction of sp³-hybridized carbons (Fsp3) is 0.667. The van der Waals surface area contributed by atoms with E-state index in [1.807, 2.05) is 6.92 Å². The van der Waals surface area contributed by atoms with Crippen molar-refractivity contribution >= 4 is 11.6 Å². The second-order valence-electron chi connectivity index (χ2n) is 4.58. The molecule has 0 saturated heterocycles. The van der Waals surface area contributed by atoms with E-state index >= 15 is 0 Å². The van der Waals surface area contributed by atoms with Gasteiger partial charge in [-0.25, -0.2) is 4.68 Å². The molecule has 0 aromatic carbocycles. The normalized spacial score (nSPS) is 17.7. The SMILES string of the molecule is Cc1nn(C)c(=O)c(C2CCCCC2)c1Cl. The Bertz CT molecular complexity index is 447. The first-order valence-corrected chi connectivity index (χ1v) is 6.22. The van der Waals surface area contributed by atoms with Crippen molar-refractivity contribution in [1.29, 1.82) is 0 Å². The highest BCUT2D eigenvalue weighted by molar-refractivity contribution is 6.31. The van der Waals surface area contributed by atoms with Crippen molar-refractivity contribution in [3.05, 3.63) is 26.6 Å². The molecule has 0 atom stereocenters. The fourth-order valence-electron chi connectivity index (χ4n) is 2.52. The highest BCUT2D eigenvalue weighted by Crippen LogP contribution is 2.34. The molecule has 1 fully saturated rings. The molecule has 1 aliphatic rings. The van der Waals surface area contributed by atoms with Crippen LogP contribution in [-0.4, -0.2) is 9.78 Å². The number of aryl methyl sites for hydroxylation is 2. The highest BCUT2D eigenvalue weighted by atomic mass is 35.5. The maximum Gasteiger partial charge on any atom is 0.271 e. The third-order valence-corrected chi connectivity index (χ3v) is 3.87. The molecule has 0 amide bonds. The molecule has 4 heteroatoms. The Labute approximate surface area is 100 Å². The summed E-state index contributed by atoms with van der Waals surface area (Å²) in [5.74, 6) is 0.335. The smallest absolute Gasteiger partial charge is 0.267 e. The predicted octanol–water partition coefficient (Wildman–Crippen LogP) is 2.79. The van der Waals surface area contributed by atoms with Crippen LogP contribution in [0.2, 0.25) is 5.02 Å². The monoisotopic (exact) mass is 240 g/mol. The first-order chi connectivity index (χ1) is 7.61. The highest BCUT2D eigenvalue weighted by Gasteiger charge is 2.23. The number of halogens is 1. The lowest BCUT2D eigenvalue weighted by Crippen LogP contribution is -2.27. The van der Waals surface area contributed by atoms with Crippen LogP contribution in [0.5, 0.6) is 0 Å². The van der Waals surface area contributed by atoms with Gasteiger partial charge in [0, 0.05) is 12.6 Å². The molecule has 3 nitrogen and oxygen atoms in total. The first-order valence-electron chi connectivity index (χ1n) is 5.84. The molecule has 1 heterocycles. The fourth-order valence-corrected chi connectivity index (χ4v) is 2.80. The Morgan fingerprint density at radius 1 is 1.31 bits per heavy atom. The molecule has 88 valence electrons. The molecule has 1 aromatic rings. The summed E-state index contributed by atoms with van der Waals surface area (Å²) in [4.78, 5) is 12.1. The van der Waals surface area contributed by atoms with Crippen molar-refractivity contribution in [1.82, 2.24) is 9.78 Å². The van der Waals surface area contributed by atoms with E-state index in [0.717, 1.165) is 24.1 Å². The molecule has 0 radical (unpaired) electrons. The van der Waals surface area contributed by atoms with Crippen molar-refractivity contribution in [2.24, 2.45) is 7.05 Å². The second kappa shape index (κ2) is 4.58. The van der Waals surface area contributed by atoms with E-state index in [-0.39, 0.29) is 5.56 Å². The third-order valence-electron chi connectivity index (χ3n) is 3.39. The van der Waals surface area contributed by atoms with E-state index < -0.39 is 0 Å². The Balaban J connectivity index is 2.49. The zero-order chi connectivity index (χ0) is 11.7. The summed E-state index contributed by atoms with van der Waals surface area (Å²) >= 11 is 6.23. The lowest BCUT2D eigenvalue weighted by atomic mass is 9.84. The molecule has 2 rings (SSSR count). The summed E-state index contributed by atoms with van der Waals surface area (Å²) in [5, 5.41) is 4.68. The Morgan fingerprint density at radius 3 is 2.56 bits per heavy atom. The first kappa shape index (κ1) is 11.6. The average Bonchev–Trinajstić information content (AvgIpc) is 2.28. The van der Waals surface area contributed by atoms with Gasteiger partial charge in [0.2, 0.25) is 0 Å². The van der Waals surface area contributed by atoms with E-state index in [1.165, 1.54) is 23.9 Å². The van der Waals surface area contributed by atoms with Gasteiger partial charge >= 0.3 is 0 Å². The molecular formula is C12H17ClN2O. The largest absolute Gasteiger partial charge is 0.271 e. The molecule has 0 aliphatic heterocycles. The number of rotatable bonds is 1. The minimum atomic E-state index is -0.0255. The predicted molar refractivity (Wildman–Crippen MR) is 65.1 cm³/mol. The topological polar surface area (TPSA) is 34.9 Å². The van der Waals surface area contributed by atoms with Gasteiger partial charge in [0.15, 0.2) is 0 Å². The summed E-state index contributed by atoms with van der Waals surface area (Å²) in [5.41, 5.74) is 1.52. The van der Waals surface area contributed by atoms with Crippen LogP contribution in [0.15, 0.2) is 4.79 Å². The van der Waals surface area contributed by atoms with Crippen LogP contribution in [-0.2, 0) is 7.05 Å². The van der Waals surface area contributed by atoms with E-state index in [0.29, 0.717) is 10.9 Å². The standard InChI is InChI=1S/C12H17ClN2O/c1-8-11(13)10(12(16)15(2)14-8)9-6-4-3-5-7-9/h9H,3-7H2,1-2H3. The quantitative estimate of drug-likeness (QED) is 0.757. The van der Waals surface area contributed by atoms with E-state index in [1.54, 1.807) is 7.05 Å². The van der Waals surface area contributed by atoms with Crippen LogP contribution >= 0.6 is 11.6 Å². The van der Waals surface area contributed by atoms with Crippen LogP contribution in [0.3, 0.4) is 0 Å². The lowest BCUT2D eigenvalue weighted by molar-refractivity contribution is 0.437. The van der Waals surface area contributed by atoms with Crippen LogP contribution in [0.4, 0.5) is 0 Å². The minimum absolute atomic E-state index is 0.0255. The molecule has 0 unspecified atom stereocenters. The molecule has 1 saturated carbocycles. The van der Waals surface area contributed by atoms with Gasteiger partial charge < -0.3 is 0 Å². The van der Waals surface area contributed by atoms with Gasteiger partial charge in [-0.1, -0.05) is 30.9 Å². The minimum Gasteiger partial charge on any atom is -0.267 e. The molecular weight excluding hydrogens is 224 g/mol. The molecule has 1 aromatic heterocycles. The van der Waals surface area contributed by atoms with Gasteiger partial charge in [-0.2, -0.15) is 5.10 Å². The average molecular weight is 241 g/mol. The Morgan fingerprint density at radius 2 is 1.94 bits per heavy atom. The van der Waals surface area contributed by atoms with Crippen LogP contribution in [0.25, 0.3) is 0 Å². The maximum atomic E-state index is 12.1. The lowest BCUT2D eigenvalue weighted by Gasteiger charge is -2.22. The zero-order valence-electron chi connectivity index (χ0n) is 9.79. The van der Waals surface area contributed by atoms with Gasteiger partial charge in [0.05, 0.1) is 10.7 Å². The van der Waals surface area contributed by atoms with E-state index in [9.17, 15) is 4.79 Å². The number of nitrogens with zero attached hydrogens (tertiary/aromatic N) is 2.